The summed E-state index contributed by atoms with van der Waals surface area (Å²) in [6, 6.07) is 22.0. The Hall–Kier alpha value is -3.12. The third-order valence-corrected chi connectivity index (χ3v) is 6.56. The Bertz CT molecular complexity index is 990. The number of benzene rings is 2. The van der Waals surface area contributed by atoms with Gasteiger partial charge in [-0.2, -0.15) is 5.10 Å². The van der Waals surface area contributed by atoms with Crippen molar-refractivity contribution in [1.82, 2.24) is 25.3 Å². The highest BCUT2D eigenvalue weighted by Gasteiger charge is 2.40. The van der Waals surface area contributed by atoms with Gasteiger partial charge in [-0.05, 0) is 55.0 Å². The number of nitrogens with one attached hydrogen (secondary N) is 2. The van der Waals surface area contributed by atoms with Gasteiger partial charge in [-0.25, -0.2) is 9.48 Å². The third-order valence-electron chi connectivity index (χ3n) is 6.56. The molecule has 2 amide bonds. The van der Waals surface area contributed by atoms with Crippen LogP contribution in [0.3, 0.4) is 0 Å². The molecule has 2 atom stereocenters. The quantitative estimate of drug-likeness (QED) is 0.643. The number of aromatic nitrogens is 2. The van der Waals surface area contributed by atoms with Crippen LogP contribution in [0.4, 0.5) is 4.79 Å². The number of fused-ring (bicyclic) bond motifs is 2. The summed E-state index contributed by atoms with van der Waals surface area (Å²) in [6.45, 7) is 1.52. The van der Waals surface area contributed by atoms with Crippen molar-refractivity contribution >= 4 is 6.03 Å². The van der Waals surface area contributed by atoms with Crippen molar-refractivity contribution in [3.05, 3.63) is 84.2 Å². The largest absolute Gasteiger partial charge is 0.335 e. The molecule has 0 spiro atoms. The third kappa shape index (κ3) is 4.64. The predicted octanol–water partition coefficient (Wildman–Crippen LogP) is 3.87. The molecule has 5 rings (SSSR count). The number of carbonyl (C=O) groups excluding carboxylic acids is 1. The molecule has 31 heavy (non-hydrogen) atoms. The fourth-order valence-electron chi connectivity index (χ4n) is 5.09. The zero-order chi connectivity index (χ0) is 21.0. The maximum Gasteiger partial charge on any atom is 0.315 e. The lowest BCUT2D eigenvalue weighted by Crippen LogP contribution is -2.51. The number of carbonyl (C=O) groups is 1. The minimum atomic E-state index is -0.0783. The minimum absolute atomic E-state index is 0.0783. The Morgan fingerprint density at radius 3 is 2.48 bits per heavy atom. The first-order valence-electron chi connectivity index (χ1n) is 11.2. The van der Waals surface area contributed by atoms with Crippen LogP contribution in [0.1, 0.15) is 36.8 Å². The van der Waals surface area contributed by atoms with Crippen molar-refractivity contribution in [2.45, 2.75) is 56.9 Å². The molecule has 6 heteroatoms. The van der Waals surface area contributed by atoms with Gasteiger partial charge in [0, 0.05) is 43.6 Å². The van der Waals surface area contributed by atoms with Crippen LogP contribution in [0.25, 0.3) is 5.69 Å². The van der Waals surface area contributed by atoms with Gasteiger partial charge in [-0.1, -0.05) is 42.5 Å². The van der Waals surface area contributed by atoms with Gasteiger partial charge in [-0.15, -0.1) is 0 Å². The zero-order valence-corrected chi connectivity index (χ0v) is 17.7. The maximum absolute atomic E-state index is 12.6. The lowest BCUT2D eigenvalue weighted by atomic mass is 9.96. The van der Waals surface area contributed by atoms with Gasteiger partial charge < -0.3 is 10.6 Å². The van der Waals surface area contributed by atoms with Crippen molar-refractivity contribution in [2.24, 2.45) is 0 Å². The molecule has 2 fully saturated rings. The van der Waals surface area contributed by atoms with E-state index < -0.39 is 0 Å². The Balaban J connectivity index is 1.12. The molecular weight excluding hydrogens is 386 g/mol. The number of urea groups is 1. The van der Waals surface area contributed by atoms with Crippen LogP contribution in [-0.2, 0) is 13.1 Å². The summed E-state index contributed by atoms with van der Waals surface area (Å²) in [5.41, 5.74) is 3.42. The minimum Gasteiger partial charge on any atom is -0.335 e. The SMILES string of the molecule is O=C(NCc1cccc(-n2cccn2)c1)NC1CC2CCC(C1)N2Cc1ccccc1. The molecule has 0 saturated carbocycles. The number of hydrogen-bond acceptors (Lipinski definition) is 3. The summed E-state index contributed by atoms with van der Waals surface area (Å²) in [6.07, 6.45) is 8.21. The number of nitrogens with zero attached hydrogens (tertiary/aromatic N) is 3. The molecule has 160 valence electrons. The van der Waals surface area contributed by atoms with Gasteiger partial charge >= 0.3 is 6.03 Å². The van der Waals surface area contributed by atoms with E-state index in [9.17, 15) is 4.79 Å². The number of hydrogen-bond donors (Lipinski definition) is 2. The smallest absolute Gasteiger partial charge is 0.315 e. The molecule has 2 saturated heterocycles. The van der Waals surface area contributed by atoms with Crippen LogP contribution in [-0.4, -0.2) is 38.8 Å². The normalized spacial score (nSPS) is 22.9. The molecule has 6 nitrogen and oxygen atoms in total. The van der Waals surface area contributed by atoms with Gasteiger partial charge in [0.2, 0.25) is 0 Å². The first-order valence-corrected chi connectivity index (χ1v) is 11.2. The van der Waals surface area contributed by atoms with E-state index in [1.807, 2.05) is 35.1 Å². The average Bonchev–Trinajstić information content (AvgIpc) is 3.40. The second kappa shape index (κ2) is 8.94. The van der Waals surface area contributed by atoms with Crippen molar-refractivity contribution < 1.29 is 4.79 Å². The Morgan fingerprint density at radius 2 is 1.74 bits per heavy atom. The summed E-state index contributed by atoms with van der Waals surface area (Å²) in [5.74, 6) is 0. The summed E-state index contributed by atoms with van der Waals surface area (Å²) in [5, 5.41) is 10.5. The van der Waals surface area contributed by atoms with E-state index in [-0.39, 0.29) is 12.1 Å². The standard InChI is InChI=1S/C25H29N5O/c31-25(26-17-20-8-4-9-24(14-20)30-13-5-12-27-30)28-21-15-22-10-11-23(16-21)29(22)18-19-6-2-1-3-7-19/h1-9,12-14,21-23H,10-11,15-18H2,(H2,26,28,31). The number of rotatable bonds is 6. The molecular formula is C25H29N5O. The van der Waals surface area contributed by atoms with Gasteiger partial charge in [-0.3, -0.25) is 4.90 Å². The van der Waals surface area contributed by atoms with Gasteiger partial charge in [0.15, 0.2) is 0 Å². The van der Waals surface area contributed by atoms with E-state index in [0.29, 0.717) is 18.6 Å². The van der Waals surface area contributed by atoms with E-state index >= 15 is 0 Å². The summed E-state index contributed by atoms with van der Waals surface area (Å²) < 4.78 is 1.82. The number of amides is 2. The van der Waals surface area contributed by atoms with Crippen LogP contribution < -0.4 is 10.6 Å². The first-order chi connectivity index (χ1) is 15.2. The molecule has 3 heterocycles. The molecule has 3 aromatic rings. The van der Waals surface area contributed by atoms with Crippen LogP contribution in [0, 0.1) is 0 Å². The van der Waals surface area contributed by atoms with Crippen LogP contribution in [0.5, 0.6) is 0 Å². The van der Waals surface area contributed by atoms with Crippen molar-refractivity contribution in [1.29, 1.82) is 0 Å². The molecule has 0 aliphatic carbocycles. The molecule has 2 aliphatic heterocycles. The molecule has 0 radical (unpaired) electrons. The average molecular weight is 416 g/mol. The molecule has 2 aromatic carbocycles. The molecule has 2 bridgehead atoms. The van der Waals surface area contributed by atoms with Crippen molar-refractivity contribution in [3.8, 4) is 5.69 Å². The lowest BCUT2D eigenvalue weighted by molar-refractivity contribution is 0.111. The van der Waals surface area contributed by atoms with E-state index in [4.69, 9.17) is 0 Å². The van der Waals surface area contributed by atoms with Crippen molar-refractivity contribution in [2.75, 3.05) is 0 Å². The fraction of sp³-hybridized carbons (Fsp3) is 0.360. The Kier molecular flexibility index (Phi) is 5.71. The maximum atomic E-state index is 12.6. The highest BCUT2D eigenvalue weighted by Crippen LogP contribution is 2.36. The van der Waals surface area contributed by atoms with Gasteiger partial charge in [0.05, 0.1) is 5.69 Å². The molecule has 1 aromatic heterocycles. The van der Waals surface area contributed by atoms with Crippen LogP contribution in [0.2, 0.25) is 0 Å². The highest BCUT2D eigenvalue weighted by molar-refractivity contribution is 5.74. The van der Waals surface area contributed by atoms with Crippen molar-refractivity contribution in [3.63, 3.8) is 0 Å². The second-order valence-electron chi connectivity index (χ2n) is 8.66. The molecule has 2 N–H and O–H groups in total. The summed E-state index contributed by atoms with van der Waals surface area (Å²) in [7, 11) is 0. The van der Waals surface area contributed by atoms with Crippen LogP contribution >= 0.6 is 0 Å². The molecule has 2 aliphatic rings. The lowest BCUT2D eigenvalue weighted by Gasteiger charge is -2.39. The summed E-state index contributed by atoms with van der Waals surface area (Å²) in [4.78, 5) is 15.2. The van der Waals surface area contributed by atoms with Gasteiger partial charge in [0.25, 0.3) is 0 Å². The first kappa shape index (κ1) is 19.8. The van der Waals surface area contributed by atoms with Crippen LogP contribution in [0.15, 0.2) is 73.1 Å². The van der Waals surface area contributed by atoms with Gasteiger partial charge in [0.1, 0.15) is 0 Å². The van der Waals surface area contributed by atoms with E-state index in [0.717, 1.165) is 30.6 Å². The Morgan fingerprint density at radius 1 is 0.968 bits per heavy atom. The summed E-state index contributed by atoms with van der Waals surface area (Å²) >= 11 is 0. The molecule has 2 unspecified atom stereocenters. The zero-order valence-electron chi connectivity index (χ0n) is 17.7. The topological polar surface area (TPSA) is 62.2 Å². The highest BCUT2D eigenvalue weighted by atomic mass is 16.2. The van der Waals surface area contributed by atoms with E-state index in [2.05, 4.69) is 57.0 Å². The second-order valence-corrected chi connectivity index (χ2v) is 8.66. The predicted molar refractivity (Wildman–Crippen MR) is 121 cm³/mol. The fourth-order valence-corrected chi connectivity index (χ4v) is 5.09. The van der Waals surface area contributed by atoms with E-state index in [1.54, 1.807) is 6.20 Å². The van der Waals surface area contributed by atoms with E-state index in [1.165, 1.54) is 18.4 Å². The monoisotopic (exact) mass is 415 g/mol. The Labute approximate surface area is 183 Å². The number of piperidine rings is 1.